The first-order chi connectivity index (χ1) is 14.1. The zero-order valence-corrected chi connectivity index (χ0v) is 20.3. The Balaban J connectivity index is 0.00000320. The van der Waals surface area contributed by atoms with E-state index < -0.39 is 6.61 Å². The van der Waals surface area contributed by atoms with Gasteiger partial charge in [0.15, 0.2) is 5.96 Å². The number of ether oxygens (including phenoxy) is 1. The molecule has 2 aromatic rings. The number of aliphatic imine (C=N–C) groups is 1. The number of halogens is 3. The van der Waals surface area contributed by atoms with E-state index >= 15 is 0 Å². The molecular weight excluding hydrogens is 521 g/mol. The average molecular weight is 550 g/mol. The van der Waals surface area contributed by atoms with Crippen molar-refractivity contribution in [1.29, 1.82) is 0 Å². The zero-order chi connectivity index (χ0) is 20.6. The molecule has 0 bridgehead atoms. The van der Waals surface area contributed by atoms with Crippen molar-refractivity contribution in [3.8, 4) is 5.75 Å². The number of nitrogens with one attached hydrogen (secondary N) is 2. The third-order valence-electron chi connectivity index (χ3n) is 5.18. The maximum Gasteiger partial charge on any atom is 0.387 e. The summed E-state index contributed by atoms with van der Waals surface area (Å²) in [6.07, 6.45) is 2.36. The number of thiophene rings is 1. The van der Waals surface area contributed by atoms with Crippen LogP contribution in [0, 0.1) is 5.92 Å². The van der Waals surface area contributed by atoms with Gasteiger partial charge in [-0.25, -0.2) is 0 Å². The minimum absolute atomic E-state index is 0. The number of hydrogen-bond donors (Lipinski definition) is 2. The lowest BCUT2D eigenvalue weighted by atomic mass is 9.88. The summed E-state index contributed by atoms with van der Waals surface area (Å²) in [5.74, 6) is 1.35. The van der Waals surface area contributed by atoms with Gasteiger partial charge in [0.25, 0.3) is 0 Å². The van der Waals surface area contributed by atoms with Crippen LogP contribution in [0.1, 0.15) is 29.3 Å². The van der Waals surface area contributed by atoms with Gasteiger partial charge in [-0.2, -0.15) is 8.78 Å². The number of likely N-dealkylation sites (tertiary alicyclic amines) is 1. The highest BCUT2D eigenvalue weighted by Crippen LogP contribution is 2.36. The molecule has 1 aromatic heterocycles. The molecule has 0 amide bonds. The predicted octanol–water partition coefficient (Wildman–Crippen LogP) is 4.72. The SMILES string of the molecule is CN=C(NCc1cccc(OC(F)F)c1)NCC1CCCN(C)C1c1cccs1.I. The maximum absolute atomic E-state index is 12.4. The van der Waals surface area contributed by atoms with Gasteiger partial charge >= 0.3 is 6.61 Å². The van der Waals surface area contributed by atoms with Gasteiger partial charge in [0.1, 0.15) is 5.75 Å². The van der Waals surface area contributed by atoms with Crippen molar-refractivity contribution in [2.75, 3.05) is 27.2 Å². The summed E-state index contributed by atoms with van der Waals surface area (Å²) < 4.78 is 29.2. The van der Waals surface area contributed by atoms with E-state index in [9.17, 15) is 8.78 Å². The Hall–Kier alpha value is -1.46. The van der Waals surface area contributed by atoms with E-state index in [-0.39, 0.29) is 29.7 Å². The van der Waals surface area contributed by atoms with Gasteiger partial charge in [-0.1, -0.05) is 18.2 Å². The van der Waals surface area contributed by atoms with E-state index in [2.05, 4.69) is 49.8 Å². The van der Waals surface area contributed by atoms with Gasteiger partial charge in [-0.15, -0.1) is 35.3 Å². The number of guanidine groups is 1. The number of piperidine rings is 1. The van der Waals surface area contributed by atoms with Gasteiger partial charge in [0.2, 0.25) is 0 Å². The van der Waals surface area contributed by atoms with Gasteiger partial charge in [0.05, 0.1) is 0 Å². The minimum atomic E-state index is -2.82. The lowest BCUT2D eigenvalue weighted by molar-refractivity contribution is -0.0498. The number of hydrogen-bond acceptors (Lipinski definition) is 4. The molecule has 0 saturated carbocycles. The summed E-state index contributed by atoms with van der Waals surface area (Å²) in [4.78, 5) is 8.13. The van der Waals surface area contributed by atoms with Crippen LogP contribution in [-0.2, 0) is 6.54 Å². The molecule has 2 heterocycles. The van der Waals surface area contributed by atoms with E-state index in [0.29, 0.717) is 24.5 Å². The normalized spacial score (nSPS) is 20.0. The molecule has 3 rings (SSSR count). The summed E-state index contributed by atoms with van der Waals surface area (Å²) in [6, 6.07) is 11.4. The molecule has 0 aliphatic carbocycles. The molecule has 9 heteroatoms. The van der Waals surface area contributed by atoms with Crippen molar-refractivity contribution in [3.05, 3.63) is 52.2 Å². The number of rotatable bonds is 7. The standard InChI is InChI=1S/C21H28F2N4OS.HI/c1-24-21(25-13-15-6-3-8-17(12-15)28-20(22)23)26-14-16-7-4-10-27(2)19(16)18-9-5-11-29-18;/h3,5-6,8-9,11-12,16,19-20H,4,7,10,13-14H2,1-2H3,(H2,24,25,26);1H. The van der Waals surface area contributed by atoms with Crippen molar-refractivity contribution < 1.29 is 13.5 Å². The largest absolute Gasteiger partial charge is 0.435 e. The van der Waals surface area contributed by atoms with Crippen molar-refractivity contribution >= 4 is 41.3 Å². The Labute approximate surface area is 197 Å². The van der Waals surface area contributed by atoms with E-state index in [1.54, 1.807) is 19.2 Å². The maximum atomic E-state index is 12.4. The fraction of sp³-hybridized carbons (Fsp3) is 0.476. The highest BCUT2D eigenvalue weighted by atomic mass is 127. The van der Waals surface area contributed by atoms with Crippen molar-refractivity contribution in [2.24, 2.45) is 10.9 Å². The molecule has 1 fully saturated rings. The molecular formula is C21H29F2IN4OS. The van der Waals surface area contributed by atoms with Crippen LogP contribution in [0.3, 0.4) is 0 Å². The summed E-state index contributed by atoms with van der Waals surface area (Å²) in [7, 11) is 3.92. The third kappa shape index (κ3) is 7.05. The molecule has 5 nitrogen and oxygen atoms in total. The average Bonchev–Trinajstić information content (AvgIpc) is 3.22. The molecule has 1 aliphatic rings. The van der Waals surface area contributed by atoms with Crippen LogP contribution in [0.2, 0.25) is 0 Å². The van der Waals surface area contributed by atoms with Crippen molar-refractivity contribution in [2.45, 2.75) is 32.0 Å². The Morgan fingerprint density at radius 2 is 2.13 bits per heavy atom. The smallest absolute Gasteiger partial charge is 0.387 e. The van der Waals surface area contributed by atoms with Crippen LogP contribution in [0.5, 0.6) is 5.75 Å². The lowest BCUT2D eigenvalue weighted by Crippen LogP contribution is -2.44. The topological polar surface area (TPSA) is 48.9 Å². The quantitative estimate of drug-likeness (QED) is 0.298. The summed E-state index contributed by atoms with van der Waals surface area (Å²) >= 11 is 1.81. The predicted molar refractivity (Wildman–Crippen MR) is 129 cm³/mol. The van der Waals surface area contributed by atoms with E-state index in [0.717, 1.165) is 18.7 Å². The van der Waals surface area contributed by atoms with Crippen LogP contribution in [-0.4, -0.2) is 44.7 Å². The first-order valence-corrected chi connectivity index (χ1v) is 10.7. The molecule has 2 unspecified atom stereocenters. The van der Waals surface area contributed by atoms with Crippen LogP contribution in [0.15, 0.2) is 46.8 Å². The molecule has 1 saturated heterocycles. The number of nitrogens with zero attached hydrogens (tertiary/aromatic N) is 2. The van der Waals surface area contributed by atoms with Gasteiger partial charge in [-0.05, 0) is 61.5 Å². The lowest BCUT2D eigenvalue weighted by Gasteiger charge is -2.39. The fourth-order valence-electron chi connectivity index (χ4n) is 3.85. The van der Waals surface area contributed by atoms with Crippen molar-refractivity contribution in [3.63, 3.8) is 0 Å². The molecule has 0 spiro atoms. The second-order valence-corrected chi connectivity index (χ2v) is 8.16. The summed E-state index contributed by atoms with van der Waals surface area (Å²) in [6.45, 7) is -0.416. The Morgan fingerprint density at radius 3 is 2.83 bits per heavy atom. The van der Waals surface area contributed by atoms with Gasteiger partial charge in [0, 0.05) is 31.1 Å². The Kier molecular flexibility index (Phi) is 10.3. The van der Waals surface area contributed by atoms with E-state index in [1.807, 2.05) is 17.4 Å². The van der Waals surface area contributed by atoms with Crippen LogP contribution >= 0.6 is 35.3 Å². The number of benzene rings is 1. The van der Waals surface area contributed by atoms with Gasteiger partial charge < -0.3 is 15.4 Å². The third-order valence-corrected chi connectivity index (χ3v) is 6.12. The summed E-state index contributed by atoms with van der Waals surface area (Å²) in [5.41, 5.74) is 0.847. The molecule has 1 aromatic carbocycles. The Bertz CT molecular complexity index is 791. The molecule has 0 radical (unpaired) electrons. The van der Waals surface area contributed by atoms with Crippen molar-refractivity contribution in [1.82, 2.24) is 15.5 Å². The summed E-state index contributed by atoms with van der Waals surface area (Å²) in [5, 5.41) is 8.82. The molecule has 2 N–H and O–H groups in total. The molecule has 2 atom stereocenters. The highest BCUT2D eigenvalue weighted by Gasteiger charge is 2.31. The first-order valence-electron chi connectivity index (χ1n) is 9.78. The highest BCUT2D eigenvalue weighted by molar-refractivity contribution is 14.0. The molecule has 1 aliphatic heterocycles. The second kappa shape index (κ2) is 12.4. The van der Waals surface area contributed by atoms with Crippen LogP contribution < -0.4 is 15.4 Å². The van der Waals surface area contributed by atoms with Gasteiger partial charge in [-0.3, -0.25) is 9.89 Å². The van der Waals surface area contributed by atoms with Crippen LogP contribution in [0.4, 0.5) is 8.78 Å². The monoisotopic (exact) mass is 550 g/mol. The first kappa shape index (κ1) is 24.8. The van der Waals surface area contributed by atoms with Crippen LogP contribution in [0.25, 0.3) is 0 Å². The van der Waals surface area contributed by atoms with E-state index in [1.165, 1.54) is 23.8 Å². The second-order valence-electron chi connectivity index (χ2n) is 7.18. The molecule has 166 valence electrons. The minimum Gasteiger partial charge on any atom is -0.435 e. The zero-order valence-electron chi connectivity index (χ0n) is 17.2. The van der Waals surface area contributed by atoms with E-state index in [4.69, 9.17) is 0 Å². The Morgan fingerprint density at radius 1 is 1.30 bits per heavy atom. The number of alkyl halides is 2. The fourth-order valence-corrected chi connectivity index (χ4v) is 4.83. The molecule has 30 heavy (non-hydrogen) atoms.